The van der Waals surface area contributed by atoms with Gasteiger partial charge < -0.3 is 0 Å². The highest BCUT2D eigenvalue weighted by atomic mass is 16.2. The van der Waals surface area contributed by atoms with E-state index in [1.807, 2.05) is 18.2 Å². The van der Waals surface area contributed by atoms with Gasteiger partial charge in [-0.1, -0.05) is 30.3 Å². The van der Waals surface area contributed by atoms with Crippen molar-refractivity contribution in [2.24, 2.45) is 11.8 Å². The minimum Gasteiger partial charge on any atom is -0.299 e. The molecule has 2 atom stereocenters. The van der Waals surface area contributed by atoms with Gasteiger partial charge in [0.2, 0.25) is 0 Å². The van der Waals surface area contributed by atoms with Gasteiger partial charge in [0.05, 0.1) is 11.8 Å². The Bertz CT molecular complexity index is 625. The standard InChI is InChI=1S/C16H14O3/c1-9-14(17)7-6-12(15(9)18)13-8-10-4-2-3-5-11(10)16(13)19/h2-6,9,13H,7-8H2,1H3. The highest BCUT2D eigenvalue weighted by molar-refractivity contribution is 6.17. The maximum Gasteiger partial charge on any atom is 0.171 e. The van der Waals surface area contributed by atoms with Crippen LogP contribution in [0.5, 0.6) is 0 Å². The molecule has 1 aromatic carbocycles. The lowest BCUT2D eigenvalue weighted by Gasteiger charge is -2.20. The van der Waals surface area contributed by atoms with E-state index in [1.54, 1.807) is 19.1 Å². The molecule has 2 unspecified atom stereocenters. The van der Waals surface area contributed by atoms with E-state index < -0.39 is 5.92 Å². The van der Waals surface area contributed by atoms with E-state index in [9.17, 15) is 14.4 Å². The van der Waals surface area contributed by atoms with Crippen LogP contribution in [0.3, 0.4) is 0 Å². The topological polar surface area (TPSA) is 51.2 Å². The quantitative estimate of drug-likeness (QED) is 0.721. The first-order chi connectivity index (χ1) is 9.09. The minimum atomic E-state index is -0.600. The van der Waals surface area contributed by atoms with Gasteiger partial charge in [-0.3, -0.25) is 14.4 Å². The molecule has 0 fully saturated rings. The van der Waals surface area contributed by atoms with E-state index in [0.717, 1.165) is 5.56 Å². The normalized spacial score (nSPS) is 26.4. The lowest BCUT2D eigenvalue weighted by atomic mass is 9.80. The molecular weight excluding hydrogens is 240 g/mol. The fourth-order valence-electron chi connectivity index (χ4n) is 2.89. The Balaban J connectivity index is 1.96. The Morgan fingerprint density at radius 1 is 1.05 bits per heavy atom. The molecule has 0 saturated carbocycles. The summed E-state index contributed by atoms with van der Waals surface area (Å²) in [6.45, 7) is 1.63. The van der Waals surface area contributed by atoms with E-state index in [0.29, 0.717) is 17.6 Å². The first kappa shape index (κ1) is 12.0. The Hall–Kier alpha value is -2.03. The molecule has 2 aliphatic carbocycles. The smallest absolute Gasteiger partial charge is 0.171 e. The van der Waals surface area contributed by atoms with Crippen molar-refractivity contribution in [2.45, 2.75) is 19.8 Å². The zero-order chi connectivity index (χ0) is 13.6. The Morgan fingerprint density at radius 2 is 1.79 bits per heavy atom. The molecule has 0 heterocycles. The van der Waals surface area contributed by atoms with Crippen LogP contribution in [0.2, 0.25) is 0 Å². The predicted octanol–water partition coefficient (Wildman–Crippen LogP) is 2.15. The fraction of sp³-hybridized carbons (Fsp3) is 0.312. The summed E-state index contributed by atoms with van der Waals surface area (Å²) in [6.07, 6.45) is 2.50. The Kier molecular flexibility index (Phi) is 2.70. The summed E-state index contributed by atoms with van der Waals surface area (Å²) in [6, 6.07) is 7.47. The molecular formula is C16H14O3. The summed E-state index contributed by atoms with van der Waals surface area (Å²) in [5.74, 6) is -1.21. The number of ketones is 3. The minimum absolute atomic E-state index is 0.0109. The third-order valence-electron chi connectivity index (χ3n) is 4.08. The number of carbonyl (C=O) groups is 3. The molecule has 0 spiro atoms. The second kappa shape index (κ2) is 4.26. The maximum absolute atomic E-state index is 12.4. The van der Waals surface area contributed by atoms with Crippen LogP contribution in [-0.4, -0.2) is 17.3 Å². The van der Waals surface area contributed by atoms with Crippen molar-refractivity contribution in [1.29, 1.82) is 0 Å². The van der Waals surface area contributed by atoms with Crippen molar-refractivity contribution in [1.82, 2.24) is 0 Å². The van der Waals surface area contributed by atoms with Crippen molar-refractivity contribution < 1.29 is 14.4 Å². The van der Waals surface area contributed by atoms with E-state index in [1.165, 1.54) is 0 Å². The first-order valence-corrected chi connectivity index (χ1v) is 6.48. The zero-order valence-electron chi connectivity index (χ0n) is 10.7. The van der Waals surface area contributed by atoms with Crippen molar-refractivity contribution in [3.63, 3.8) is 0 Å². The molecule has 1 aromatic rings. The molecule has 2 aliphatic rings. The number of allylic oxidation sites excluding steroid dienone is 2. The van der Waals surface area contributed by atoms with Gasteiger partial charge in [0, 0.05) is 17.6 Å². The highest BCUT2D eigenvalue weighted by Crippen LogP contribution is 2.34. The van der Waals surface area contributed by atoms with Crippen LogP contribution in [0.1, 0.15) is 29.3 Å². The summed E-state index contributed by atoms with van der Waals surface area (Å²) >= 11 is 0. The van der Waals surface area contributed by atoms with Gasteiger partial charge in [0.15, 0.2) is 11.6 Å². The molecule has 96 valence electrons. The van der Waals surface area contributed by atoms with Gasteiger partial charge in [-0.05, 0) is 18.9 Å². The number of rotatable bonds is 1. The SMILES string of the molecule is CC1C(=O)CC=C(C2Cc3ccccc3C2=O)C1=O. The maximum atomic E-state index is 12.4. The molecule has 0 aromatic heterocycles. The molecule has 19 heavy (non-hydrogen) atoms. The van der Waals surface area contributed by atoms with Crippen LogP contribution in [0.4, 0.5) is 0 Å². The van der Waals surface area contributed by atoms with Crippen LogP contribution in [0.25, 0.3) is 0 Å². The van der Waals surface area contributed by atoms with E-state index in [2.05, 4.69) is 0 Å². The van der Waals surface area contributed by atoms with Crippen LogP contribution in [0.15, 0.2) is 35.9 Å². The largest absolute Gasteiger partial charge is 0.299 e. The average molecular weight is 254 g/mol. The summed E-state index contributed by atoms with van der Waals surface area (Å²) in [4.78, 5) is 36.0. The molecule has 0 bridgehead atoms. The number of hydrogen-bond acceptors (Lipinski definition) is 3. The Labute approximate surface area is 111 Å². The molecule has 0 saturated heterocycles. The summed E-state index contributed by atoms with van der Waals surface area (Å²) in [7, 11) is 0. The highest BCUT2D eigenvalue weighted by Gasteiger charge is 2.39. The van der Waals surface area contributed by atoms with Crippen LogP contribution in [0, 0.1) is 11.8 Å². The second-order valence-corrected chi connectivity index (χ2v) is 5.19. The molecule has 0 aliphatic heterocycles. The van der Waals surface area contributed by atoms with E-state index in [4.69, 9.17) is 0 Å². The summed E-state index contributed by atoms with van der Waals surface area (Å²) < 4.78 is 0. The Morgan fingerprint density at radius 3 is 2.53 bits per heavy atom. The second-order valence-electron chi connectivity index (χ2n) is 5.19. The number of hydrogen-bond donors (Lipinski definition) is 0. The lowest BCUT2D eigenvalue weighted by Crippen LogP contribution is -2.31. The number of fused-ring (bicyclic) bond motifs is 1. The van der Waals surface area contributed by atoms with E-state index >= 15 is 0 Å². The third-order valence-corrected chi connectivity index (χ3v) is 4.08. The third kappa shape index (κ3) is 1.77. The van der Waals surface area contributed by atoms with Crippen molar-refractivity contribution in [2.75, 3.05) is 0 Å². The molecule has 0 N–H and O–H groups in total. The number of benzene rings is 1. The molecule has 3 nitrogen and oxygen atoms in total. The van der Waals surface area contributed by atoms with Crippen LogP contribution >= 0.6 is 0 Å². The number of Topliss-reactive ketones (excluding diaryl/α,β-unsaturated/α-hetero) is 3. The van der Waals surface area contributed by atoms with Gasteiger partial charge in [0.1, 0.15) is 5.78 Å². The van der Waals surface area contributed by atoms with E-state index in [-0.39, 0.29) is 29.7 Å². The average Bonchev–Trinajstić information content (AvgIpc) is 2.74. The zero-order valence-corrected chi connectivity index (χ0v) is 10.7. The van der Waals surface area contributed by atoms with Gasteiger partial charge in [0.25, 0.3) is 0 Å². The summed E-state index contributed by atoms with van der Waals surface area (Å²) in [5.41, 5.74) is 2.25. The van der Waals surface area contributed by atoms with Gasteiger partial charge >= 0.3 is 0 Å². The van der Waals surface area contributed by atoms with Crippen molar-refractivity contribution in [3.8, 4) is 0 Å². The fourth-order valence-corrected chi connectivity index (χ4v) is 2.89. The molecule has 3 heteroatoms. The first-order valence-electron chi connectivity index (χ1n) is 6.48. The van der Waals surface area contributed by atoms with Gasteiger partial charge in [-0.2, -0.15) is 0 Å². The number of carbonyl (C=O) groups excluding carboxylic acids is 3. The van der Waals surface area contributed by atoms with Gasteiger partial charge in [-0.25, -0.2) is 0 Å². The lowest BCUT2D eigenvalue weighted by molar-refractivity contribution is -0.130. The molecule has 0 radical (unpaired) electrons. The van der Waals surface area contributed by atoms with Crippen LogP contribution in [-0.2, 0) is 16.0 Å². The molecule has 3 rings (SSSR count). The van der Waals surface area contributed by atoms with Gasteiger partial charge in [-0.15, -0.1) is 0 Å². The van der Waals surface area contributed by atoms with Crippen LogP contribution < -0.4 is 0 Å². The predicted molar refractivity (Wildman–Crippen MR) is 69.8 cm³/mol. The summed E-state index contributed by atoms with van der Waals surface area (Å²) in [5, 5.41) is 0. The van der Waals surface area contributed by atoms with Crippen molar-refractivity contribution >= 4 is 17.3 Å². The van der Waals surface area contributed by atoms with Crippen molar-refractivity contribution in [3.05, 3.63) is 47.0 Å². The molecule has 0 amide bonds. The monoisotopic (exact) mass is 254 g/mol.